The Labute approximate surface area is 195 Å². The van der Waals surface area contributed by atoms with Gasteiger partial charge in [-0.15, -0.1) is 0 Å². The number of amides is 1. The Balaban J connectivity index is 1.32. The molecular weight excluding hydrogens is 428 g/mol. The van der Waals surface area contributed by atoms with Gasteiger partial charge in [-0.1, -0.05) is 42.5 Å². The molecule has 5 aromatic rings. The van der Waals surface area contributed by atoms with Crippen LogP contribution in [0.3, 0.4) is 0 Å². The van der Waals surface area contributed by atoms with Crippen molar-refractivity contribution in [1.29, 1.82) is 0 Å². The van der Waals surface area contributed by atoms with Crippen molar-refractivity contribution in [3.05, 3.63) is 107 Å². The van der Waals surface area contributed by atoms with Gasteiger partial charge in [-0.2, -0.15) is 0 Å². The molecule has 1 aliphatic heterocycles. The number of nitrogens with zero attached hydrogens (tertiary/aromatic N) is 4. The maximum Gasteiger partial charge on any atom is 0.275 e. The molecule has 0 atom stereocenters. The monoisotopic (exact) mass is 450 g/mol. The highest BCUT2D eigenvalue weighted by Crippen LogP contribution is 2.31. The molecule has 7 nitrogen and oxygen atoms in total. The molecule has 0 radical (unpaired) electrons. The van der Waals surface area contributed by atoms with Crippen molar-refractivity contribution in [2.75, 3.05) is 6.54 Å². The lowest BCUT2D eigenvalue weighted by molar-refractivity contribution is 0.0687. The zero-order valence-corrected chi connectivity index (χ0v) is 18.6. The van der Waals surface area contributed by atoms with Gasteiger partial charge in [0.15, 0.2) is 0 Å². The van der Waals surface area contributed by atoms with E-state index in [0.717, 1.165) is 33.6 Å². The number of carbonyl (C=O) groups is 1. The number of furan rings is 1. The number of carbonyl (C=O) groups excluding carboxylic acids is 1. The van der Waals surface area contributed by atoms with Crippen LogP contribution in [0, 0.1) is 6.92 Å². The van der Waals surface area contributed by atoms with Gasteiger partial charge < -0.3 is 18.5 Å². The first kappa shape index (κ1) is 20.2. The lowest BCUT2D eigenvalue weighted by Gasteiger charge is -2.30. The van der Waals surface area contributed by atoms with Gasteiger partial charge in [-0.3, -0.25) is 9.59 Å². The summed E-state index contributed by atoms with van der Waals surface area (Å²) in [5.74, 6) is 0.620. The predicted octanol–water partition coefficient (Wildman–Crippen LogP) is 4.41. The van der Waals surface area contributed by atoms with Crippen molar-refractivity contribution < 1.29 is 9.21 Å². The highest BCUT2D eigenvalue weighted by atomic mass is 16.3. The molecule has 4 heterocycles. The predicted molar refractivity (Wildman–Crippen MR) is 129 cm³/mol. The van der Waals surface area contributed by atoms with E-state index in [9.17, 15) is 9.59 Å². The first-order chi connectivity index (χ1) is 16.6. The fourth-order valence-electron chi connectivity index (χ4n) is 4.58. The van der Waals surface area contributed by atoms with Crippen LogP contribution < -0.4 is 5.56 Å². The van der Waals surface area contributed by atoms with Gasteiger partial charge in [0.1, 0.15) is 22.7 Å². The van der Waals surface area contributed by atoms with Crippen molar-refractivity contribution in [1.82, 2.24) is 19.0 Å². The second-order valence-corrected chi connectivity index (χ2v) is 8.52. The summed E-state index contributed by atoms with van der Waals surface area (Å²) >= 11 is 0. The summed E-state index contributed by atoms with van der Waals surface area (Å²) < 4.78 is 9.35. The van der Waals surface area contributed by atoms with Crippen LogP contribution in [0.1, 0.15) is 21.7 Å². The fraction of sp³-hybridized carbons (Fsp3) is 0.148. The number of pyridine rings is 1. The quantitative estimate of drug-likeness (QED) is 0.407. The summed E-state index contributed by atoms with van der Waals surface area (Å²) in [6.45, 7) is 3.20. The summed E-state index contributed by atoms with van der Waals surface area (Å²) in [4.78, 5) is 32.4. The van der Waals surface area contributed by atoms with E-state index < -0.39 is 0 Å². The van der Waals surface area contributed by atoms with Crippen LogP contribution >= 0.6 is 0 Å². The summed E-state index contributed by atoms with van der Waals surface area (Å²) in [6.07, 6.45) is 3.42. The fourth-order valence-corrected chi connectivity index (χ4v) is 4.58. The minimum atomic E-state index is -0.189. The Morgan fingerprint density at radius 1 is 0.971 bits per heavy atom. The average molecular weight is 450 g/mol. The molecule has 3 aromatic heterocycles. The zero-order valence-electron chi connectivity index (χ0n) is 18.6. The minimum absolute atomic E-state index is 0.156. The molecule has 0 aliphatic carbocycles. The van der Waals surface area contributed by atoms with Gasteiger partial charge in [0.2, 0.25) is 0 Å². The van der Waals surface area contributed by atoms with E-state index in [4.69, 9.17) is 4.42 Å². The molecule has 0 saturated carbocycles. The van der Waals surface area contributed by atoms with E-state index >= 15 is 0 Å². The standard InChI is InChI=1S/C27H22N4O3/c1-18-15-30(17-28-18)22-10-11-23-26(32)29(12-13-31(23)27(22)33)16-20-7-2-4-8-21(20)25-14-19-6-3-5-9-24(19)34-25/h2-11,14-15,17H,12-13,16H2,1H3. The Morgan fingerprint density at radius 2 is 1.79 bits per heavy atom. The summed E-state index contributed by atoms with van der Waals surface area (Å²) in [7, 11) is 0. The number of hydrogen-bond acceptors (Lipinski definition) is 4. The van der Waals surface area contributed by atoms with Gasteiger partial charge in [0, 0.05) is 36.8 Å². The Morgan fingerprint density at radius 3 is 2.62 bits per heavy atom. The lowest BCUT2D eigenvalue weighted by atomic mass is 10.0. The highest BCUT2D eigenvalue weighted by molar-refractivity contribution is 5.93. The molecule has 0 spiro atoms. The number of benzene rings is 2. The average Bonchev–Trinajstić information content (AvgIpc) is 3.48. The van der Waals surface area contributed by atoms with Crippen molar-refractivity contribution in [2.24, 2.45) is 0 Å². The first-order valence-corrected chi connectivity index (χ1v) is 11.2. The second-order valence-electron chi connectivity index (χ2n) is 8.52. The van der Waals surface area contributed by atoms with Gasteiger partial charge in [0.05, 0.1) is 12.0 Å². The molecule has 0 unspecified atom stereocenters. The number of para-hydroxylation sites is 1. The van der Waals surface area contributed by atoms with Gasteiger partial charge in [0.25, 0.3) is 11.5 Å². The van der Waals surface area contributed by atoms with Crippen LogP contribution in [-0.4, -0.2) is 31.5 Å². The number of hydrogen-bond donors (Lipinski definition) is 0. The third-order valence-corrected chi connectivity index (χ3v) is 6.31. The van der Waals surface area contributed by atoms with E-state index in [1.165, 1.54) is 0 Å². The normalized spacial score (nSPS) is 13.4. The Kier molecular flexibility index (Phi) is 4.69. The van der Waals surface area contributed by atoms with Gasteiger partial charge >= 0.3 is 0 Å². The van der Waals surface area contributed by atoms with Crippen LogP contribution in [0.4, 0.5) is 0 Å². The Bertz CT molecular complexity index is 1570. The molecule has 1 aliphatic rings. The van der Waals surface area contributed by atoms with E-state index in [0.29, 0.717) is 31.0 Å². The molecule has 0 bridgehead atoms. The second kappa shape index (κ2) is 7.88. The Hall–Kier alpha value is -4.39. The van der Waals surface area contributed by atoms with Crippen molar-refractivity contribution >= 4 is 16.9 Å². The maximum absolute atomic E-state index is 13.3. The summed E-state index contributed by atoms with van der Waals surface area (Å²) in [5.41, 5.74) is 4.31. The van der Waals surface area contributed by atoms with Crippen LogP contribution in [0.25, 0.3) is 28.0 Å². The highest BCUT2D eigenvalue weighted by Gasteiger charge is 2.27. The molecule has 34 heavy (non-hydrogen) atoms. The van der Waals surface area contributed by atoms with Crippen LogP contribution in [0.2, 0.25) is 0 Å². The van der Waals surface area contributed by atoms with Gasteiger partial charge in [-0.05, 0) is 36.8 Å². The SMILES string of the molecule is Cc1cn(-c2ccc3n(c2=O)CCN(Cc2ccccc2-c2cc4ccccc4o2)C3=O)cn1. The number of fused-ring (bicyclic) bond motifs is 2. The van der Waals surface area contributed by atoms with E-state index in [1.54, 1.807) is 38.7 Å². The lowest BCUT2D eigenvalue weighted by Crippen LogP contribution is -2.44. The number of imidazole rings is 1. The van der Waals surface area contributed by atoms with E-state index in [2.05, 4.69) is 4.98 Å². The third kappa shape index (κ3) is 3.33. The number of rotatable bonds is 4. The molecule has 0 N–H and O–H groups in total. The topological polar surface area (TPSA) is 73.3 Å². The molecule has 0 saturated heterocycles. The van der Waals surface area contributed by atoms with Crippen LogP contribution in [-0.2, 0) is 13.1 Å². The minimum Gasteiger partial charge on any atom is -0.456 e. The third-order valence-electron chi connectivity index (χ3n) is 6.31. The maximum atomic E-state index is 13.3. The molecule has 1 amide bonds. The first-order valence-electron chi connectivity index (χ1n) is 11.2. The van der Waals surface area contributed by atoms with Crippen LogP contribution in [0.15, 0.2) is 88.5 Å². The molecule has 6 rings (SSSR count). The zero-order chi connectivity index (χ0) is 23.2. The summed E-state index contributed by atoms with van der Waals surface area (Å²) in [5, 5.41) is 1.04. The smallest absolute Gasteiger partial charge is 0.275 e. The van der Waals surface area contributed by atoms with E-state index in [1.807, 2.05) is 61.5 Å². The van der Waals surface area contributed by atoms with Crippen molar-refractivity contribution in [2.45, 2.75) is 20.0 Å². The van der Waals surface area contributed by atoms with Crippen LogP contribution in [0.5, 0.6) is 0 Å². The molecule has 7 heteroatoms. The van der Waals surface area contributed by atoms with Gasteiger partial charge in [-0.25, -0.2) is 4.98 Å². The molecule has 168 valence electrons. The van der Waals surface area contributed by atoms with E-state index in [-0.39, 0.29) is 11.5 Å². The number of aromatic nitrogens is 3. The molecular formula is C27H22N4O3. The molecule has 0 fully saturated rings. The largest absolute Gasteiger partial charge is 0.456 e. The number of aryl methyl sites for hydroxylation is 1. The molecule has 2 aromatic carbocycles. The van der Waals surface area contributed by atoms with Crippen molar-refractivity contribution in [3.8, 4) is 17.0 Å². The summed E-state index contributed by atoms with van der Waals surface area (Å²) in [6, 6.07) is 21.3. The van der Waals surface area contributed by atoms with Crippen molar-refractivity contribution in [3.63, 3.8) is 0 Å².